The SMILES string of the molecule is CCCCc1nnc(NC(=O)CNC(=O)c2ccc(OC(F)F)cc2)s1. The van der Waals surface area contributed by atoms with Crippen LogP contribution in [0, 0.1) is 0 Å². The monoisotopic (exact) mass is 384 g/mol. The second-order valence-corrected chi connectivity index (χ2v) is 6.30. The molecule has 0 unspecified atom stereocenters. The van der Waals surface area contributed by atoms with Gasteiger partial charge in [0, 0.05) is 12.0 Å². The van der Waals surface area contributed by atoms with Crippen LogP contribution in [0.25, 0.3) is 0 Å². The topological polar surface area (TPSA) is 93.2 Å². The summed E-state index contributed by atoms with van der Waals surface area (Å²) in [5.41, 5.74) is 0.220. The van der Waals surface area contributed by atoms with Crippen LogP contribution in [0.5, 0.6) is 5.75 Å². The van der Waals surface area contributed by atoms with Gasteiger partial charge in [0.05, 0.1) is 6.54 Å². The number of anilines is 1. The average Bonchev–Trinajstić information content (AvgIpc) is 3.05. The third kappa shape index (κ3) is 6.36. The molecule has 7 nitrogen and oxygen atoms in total. The first-order chi connectivity index (χ1) is 12.5. The number of hydrogen-bond donors (Lipinski definition) is 2. The lowest BCUT2D eigenvalue weighted by Gasteiger charge is -2.07. The van der Waals surface area contributed by atoms with Crippen LogP contribution in [-0.4, -0.2) is 35.2 Å². The molecule has 140 valence electrons. The predicted octanol–water partition coefficient (Wildman–Crippen LogP) is 2.85. The quantitative estimate of drug-likeness (QED) is 0.693. The van der Waals surface area contributed by atoms with E-state index in [1.165, 1.54) is 35.6 Å². The summed E-state index contributed by atoms with van der Waals surface area (Å²) in [6, 6.07) is 5.16. The number of nitrogens with one attached hydrogen (secondary N) is 2. The number of rotatable bonds is 9. The van der Waals surface area contributed by atoms with Crippen molar-refractivity contribution in [3.63, 3.8) is 0 Å². The molecule has 1 heterocycles. The van der Waals surface area contributed by atoms with Crippen LogP contribution in [0.15, 0.2) is 24.3 Å². The lowest BCUT2D eigenvalue weighted by atomic mass is 10.2. The molecule has 10 heteroatoms. The van der Waals surface area contributed by atoms with Gasteiger partial charge in [-0.2, -0.15) is 8.78 Å². The van der Waals surface area contributed by atoms with Crippen molar-refractivity contribution in [1.29, 1.82) is 0 Å². The van der Waals surface area contributed by atoms with Crippen molar-refractivity contribution in [2.75, 3.05) is 11.9 Å². The summed E-state index contributed by atoms with van der Waals surface area (Å²) < 4.78 is 28.4. The van der Waals surface area contributed by atoms with E-state index in [9.17, 15) is 18.4 Å². The van der Waals surface area contributed by atoms with Crippen molar-refractivity contribution in [1.82, 2.24) is 15.5 Å². The van der Waals surface area contributed by atoms with Gasteiger partial charge in [0.25, 0.3) is 5.91 Å². The van der Waals surface area contributed by atoms with Crippen LogP contribution in [0.2, 0.25) is 0 Å². The number of aromatic nitrogens is 2. The fourth-order valence-electron chi connectivity index (χ4n) is 1.95. The van der Waals surface area contributed by atoms with Gasteiger partial charge in [0.2, 0.25) is 11.0 Å². The molecule has 2 rings (SSSR count). The van der Waals surface area contributed by atoms with Crippen molar-refractivity contribution >= 4 is 28.3 Å². The van der Waals surface area contributed by atoms with Crippen molar-refractivity contribution in [3.8, 4) is 5.75 Å². The van der Waals surface area contributed by atoms with Crippen molar-refractivity contribution in [2.45, 2.75) is 32.8 Å². The largest absolute Gasteiger partial charge is 0.435 e. The summed E-state index contributed by atoms with van der Waals surface area (Å²) >= 11 is 1.30. The van der Waals surface area contributed by atoms with Crippen LogP contribution >= 0.6 is 11.3 Å². The molecule has 0 fully saturated rings. The third-order valence-corrected chi connectivity index (χ3v) is 4.11. The van der Waals surface area contributed by atoms with Crippen molar-refractivity contribution in [3.05, 3.63) is 34.8 Å². The minimum atomic E-state index is -2.93. The second-order valence-electron chi connectivity index (χ2n) is 5.24. The highest BCUT2D eigenvalue weighted by molar-refractivity contribution is 7.15. The smallest absolute Gasteiger partial charge is 0.387 e. The van der Waals surface area contributed by atoms with E-state index in [-0.39, 0.29) is 17.9 Å². The van der Waals surface area contributed by atoms with Gasteiger partial charge in [-0.3, -0.25) is 14.9 Å². The van der Waals surface area contributed by atoms with E-state index in [1.54, 1.807) is 0 Å². The van der Waals surface area contributed by atoms with Gasteiger partial charge < -0.3 is 10.1 Å². The number of nitrogens with zero attached hydrogens (tertiary/aromatic N) is 2. The Kier molecular flexibility index (Phi) is 7.39. The van der Waals surface area contributed by atoms with E-state index >= 15 is 0 Å². The molecule has 2 amide bonds. The summed E-state index contributed by atoms with van der Waals surface area (Å²) in [7, 11) is 0. The number of benzene rings is 1. The summed E-state index contributed by atoms with van der Waals surface area (Å²) in [6.45, 7) is -1.11. The molecule has 2 aromatic rings. The molecule has 1 aromatic carbocycles. The molecule has 1 aromatic heterocycles. The molecule has 0 radical (unpaired) electrons. The van der Waals surface area contributed by atoms with Crippen molar-refractivity contribution < 1.29 is 23.1 Å². The molecule has 0 aliphatic rings. The fourth-order valence-corrected chi connectivity index (χ4v) is 2.74. The van der Waals surface area contributed by atoms with Gasteiger partial charge in [0.15, 0.2) is 0 Å². The van der Waals surface area contributed by atoms with Gasteiger partial charge in [-0.1, -0.05) is 24.7 Å². The Labute approximate surface area is 152 Å². The second kappa shape index (κ2) is 9.76. The lowest BCUT2D eigenvalue weighted by molar-refractivity contribution is -0.115. The maximum absolute atomic E-state index is 12.1. The van der Waals surface area contributed by atoms with Gasteiger partial charge in [0.1, 0.15) is 10.8 Å². The summed E-state index contributed by atoms with van der Waals surface area (Å²) in [6.07, 6.45) is 2.86. The van der Waals surface area contributed by atoms with Gasteiger partial charge in [-0.15, -0.1) is 10.2 Å². The van der Waals surface area contributed by atoms with Crippen molar-refractivity contribution in [2.24, 2.45) is 0 Å². The van der Waals surface area contributed by atoms with E-state index in [2.05, 4.69) is 32.5 Å². The van der Waals surface area contributed by atoms with Crippen LogP contribution in [0.3, 0.4) is 0 Å². The predicted molar refractivity (Wildman–Crippen MR) is 92.6 cm³/mol. The zero-order valence-corrected chi connectivity index (χ0v) is 14.8. The Morgan fingerprint density at radius 2 is 1.96 bits per heavy atom. The van der Waals surface area contributed by atoms with E-state index in [0.717, 1.165) is 24.3 Å². The standard InChI is InChI=1S/C16H18F2N4O3S/c1-2-3-4-13-21-22-16(26-13)20-12(23)9-19-14(24)10-5-7-11(8-6-10)25-15(17)18/h5-8,15H,2-4,9H2,1H3,(H,19,24)(H,20,22,23). The minimum Gasteiger partial charge on any atom is -0.435 e. The van der Waals surface area contributed by atoms with E-state index < -0.39 is 18.4 Å². The molecule has 0 aliphatic carbocycles. The first-order valence-electron chi connectivity index (χ1n) is 7.93. The number of hydrogen-bond acceptors (Lipinski definition) is 6. The highest BCUT2D eigenvalue weighted by atomic mass is 32.1. The van der Waals surface area contributed by atoms with Crippen LogP contribution in [0.1, 0.15) is 35.1 Å². The Balaban J connectivity index is 1.79. The van der Waals surface area contributed by atoms with Crippen LogP contribution < -0.4 is 15.4 Å². The Morgan fingerprint density at radius 3 is 2.62 bits per heavy atom. The summed E-state index contributed by atoms with van der Waals surface area (Å²) in [5, 5.41) is 14.1. The van der Waals surface area contributed by atoms with Crippen LogP contribution in [0.4, 0.5) is 13.9 Å². The molecule has 0 atom stereocenters. The molecular formula is C16H18F2N4O3S. The maximum atomic E-state index is 12.1. The number of carbonyl (C=O) groups is 2. The van der Waals surface area contributed by atoms with Crippen LogP contribution in [-0.2, 0) is 11.2 Å². The van der Waals surface area contributed by atoms with Gasteiger partial charge >= 0.3 is 6.61 Å². The zero-order valence-electron chi connectivity index (χ0n) is 14.0. The summed E-state index contributed by atoms with van der Waals surface area (Å²) in [4.78, 5) is 23.8. The number of alkyl halides is 2. The molecule has 0 bridgehead atoms. The maximum Gasteiger partial charge on any atom is 0.387 e. The number of ether oxygens (including phenoxy) is 1. The number of halogens is 2. The third-order valence-electron chi connectivity index (χ3n) is 3.21. The first-order valence-corrected chi connectivity index (χ1v) is 8.75. The Hall–Kier alpha value is -2.62. The normalized spacial score (nSPS) is 10.6. The molecule has 2 N–H and O–H groups in total. The number of carbonyl (C=O) groups excluding carboxylic acids is 2. The van der Waals surface area contributed by atoms with Gasteiger partial charge in [-0.25, -0.2) is 0 Å². The molecule has 0 saturated carbocycles. The number of aryl methyl sites for hydroxylation is 1. The minimum absolute atomic E-state index is 0.0514. The zero-order chi connectivity index (χ0) is 18.9. The molecule has 0 spiro atoms. The average molecular weight is 384 g/mol. The van der Waals surface area contributed by atoms with E-state index in [1.807, 2.05) is 0 Å². The summed E-state index contributed by atoms with van der Waals surface area (Å²) in [5.74, 6) is -0.997. The number of amides is 2. The fraction of sp³-hybridized carbons (Fsp3) is 0.375. The Morgan fingerprint density at radius 1 is 1.23 bits per heavy atom. The van der Waals surface area contributed by atoms with E-state index in [4.69, 9.17) is 0 Å². The molecule has 26 heavy (non-hydrogen) atoms. The first kappa shape index (κ1) is 19.7. The van der Waals surface area contributed by atoms with Gasteiger partial charge in [-0.05, 0) is 30.7 Å². The lowest BCUT2D eigenvalue weighted by Crippen LogP contribution is -2.32. The number of unbranched alkanes of at least 4 members (excludes halogenated alkanes) is 1. The highest BCUT2D eigenvalue weighted by Crippen LogP contribution is 2.17. The Bertz CT molecular complexity index is 737. The molecule has 0 aliphatic heterocycles. The van der Waals surface area contributed by atoms with E-state index in [0.29, 0.717) is 5.13 Å². The molecular weight excluding hydrogens is 366 g/mol. The molecule has 0 saturated heterocycles. The highest BCUT2D eigenvalue weighted by Gasteiger charge is 2.11.